The normalized spacial score (nSPS) is 17.5. The third-order valence-corrected chi connectivity index (χ3v) is 4.14. The number of carbonyl (C=O) groups excluding carboxylic acids is 1. The van der Waals surface area contributed by atoms with Crippen LogP contribution in [0.4, 0.5) is 11.4 Å². The van der Waals surface area contributed by atoms with E-state index in [1.165, 1.54) is 5.01 Å². The van der Waals surface area contributed by atoms with E-state index >= 15 is 0 Å². The fourth-order valence-electron chi connectivity index (χ4n) is 2.81. The molecule has 3 aromatic rings. The summed E-state index contributed by atoms with van der Waals surface area (Å²) in [5.41, 5.74) is 3.21. The fourth-order valence-corrected chi connectivity index (χ4v) is 2.81. The molecular formula is C20H16N4O. The van der Waals surface area contributed by atoms with Gasteiger partial charge in [0, 0.05) is 17.8 Å². The Kier molecular flexibility index (Phi) is 3.82. The number of benzene rings is 2. The molecule has 0 fully saturated rings. The molecule has 122 valence electrons. The summed E-state index contributed by atoms with van der Waals surface area (Å²) in [7, 11) is 0. The molecule has 4 rings (SSSR count). The van der Waals surface area contributed by atoms with Crippen molar-refractivity contribution in [3.8, 4) is 0 Å². The van der Waals surface area contributed by atoms with Gasteiger partial charge < -0.3 is 0 Å². The first kappa shape index (κ1) is 15.2. The van der Waals surface area contributed by atoms with Gasteiger partial charge in [0.15, 0.2) is 0 Å². The first-order chi connectivity index (χ1) is 12.2. The average molecular weight is 328 g/mol. The van der Waals surface area contributed by atoms with Crippen molar-refractivity contribution < 1.29 is 4.79 Å². The van der Waals surface area contributed by atoms with Crippen molar-refractivity contribution in [2.75, 3.05) is 5.01 Å². The predicted octanol–water partition coefficient (Wildman–Crippen LogP) is 3.98. The van der Waals surface area contributed by atoms with Gasteiger partial charge in [-0.2, -0.15) is 10.1 Å². The van der Waals surface area contributed by atoms with Gasteiger partial charge in [-0.3, -0.25) is 14.8 Å². The van der Waals surface area contributed by atoms with Crippen LogP contribution in [0.2, 0.25) is 0 Å². The lowest BCUT2D eigenvalue weighted by atomic mass is 10.1. The van der Waals surface area contributed by atoms with Gasteiger partial charge in [0.1, 0.15) is 5.92 Å². The minimum absolute atomic E-state index is 0.0881. The van der Waals surface area contributed by atoms with Crippen molar-refractivity contribution in [3.05, 3.63) is 66.9 Å². The molecule has 25 heavy (non-hydrogen) atoms. The Morgan fingerprint density at radius 2 is 1.92 bits per heavy atom. The number of pyridine rings is 1. The maximum absolute atomic E-state index is 12.7. The number of fused-ring (bicyclic) bond motifs is 1. The number of aromatic nitrogens is 1. The van der Waals surface area contributed by atoms with Crippen LogP contribution < -0.4 is 5.01 Å². The molecule has 2 aromatic carbocycles. The van der Waals surface area contributed by atoms with Crippen molar-refractivity contribution in [2.45, 2.75) is 6.92 Å². The van der Waals surface area contributed by atoms with Crippen LogP contribution in [-0.4, -0.2) is 22.8 Å². The number of anilines is 1. The van der Waals surface area contributed by atoms with E-state index in [-0.39, 0.29) is 5.91 Å². The van der Waals surface area contributed by atoms with E-state index < -0.39 is 5.92 Å². The highest BCUT2D eigenvalue weighted by molar-refractivity contribution is 6.23. The lowest BCUT2D eigenvalue weighted by Gasteiger charge is -2.12. The Bertz CT molecular complexity index is 995. The summed E-state index contributed by atoms with van der Waals surface area (Å²) >= 11 is 0. The van der Waals surface area contributed by atoms with E-state index in [0.29, 0.717) is 0 Å². The van der Waals surface area contributed by atoms with Crippen molar-refractivity contribution in [2.24, 2.45) is 16.0 Å². The molecule has 0 bridgehead atoms. The molecular weight excluding hydrogens is 312 g/mol. The lowest BCUT2D eigenvalue weighted by molar-refractivity contribution is -0.118. The van der Waals surface area contributed by atoms with Gasteiger partial charge in [0.2, 0.25) is 0 Å². The van der Waals surface area contributed by atoms with Crippen LogP contribution in [0.3, 0.4) is 0 Å². The number of rotatable bonds is 3. The van der Waals surface area contributed by atoms with Gasteiger partial charge in [0.25, 0.3) is 5.91 Å². The van der Waals surface area contributed by atoms with Crippen LogP contribution in [0.15, 0.2) is 77.0 Å². The molecule has 0 saturated carbocycles. The van der Waals surface area contributed by atoms with Crippen LogP contribution in [0, 0.1) is 5.92 Å². The van der Waals surface area contributed by atoms with Gasteiger partial charge in [-0.25, -0.2) is 0 Å². The number of carbonyl (C=O) groups is 1. The predicted molar refractivity (Wildman–Crippen MR) is 100 cm³/mol. The van der Waals surface area contributed by atoms with Crippen LogP contribution in [0.1, 0.15) is 6.92 Å². The molecule has 0 radical (unpaired) electrons. The smallest absolute Gasteiger partial charge is 0.261 e. The third-order valence-electron chi connectivity index (χ3n) is 4.14. The molecule has 5 nitrogen and oxygen atoms in total. The SMILES string of the molecule is CC1=NN(c2ccccc2)C(=O)[C@@H]1C=Nc1ccc2ncccc2c1. The van der Waals surface area contributed by atoms with E-state index in [1.807, 2.05) is 67.6 Å². The number of amides is 1. The zero-order valence-corrected chi connectivity index (χ0v) is 13.7. The third kappa shape index (κ3) is 2.92. The van der Waals surface area contributed by atoms with Crippen molar-refractivity contribution in [3.63, 3.8) is 0 Å². The van der Waals surface area contributed by atoms with Crippen molar-refractivity contribution >= 4 is 40.1 Å². The number of hydrogen-bond donors (Lipinski definition) is 0. The number of para-hydroxylation sites is 1. The first-order valence-electron chi connectivity index (χ1n) is 8.05. The maximum Gasteiger partial charge on any atom is 0.261 e. The molecule has 0 unspecified atom stereocenters. The van der Waals surface area contributed by atoms with E-state index in [1.54, 1.807) is 12.4 Å². The molecule has 0 N–H and O–H groups in total. The van der Waals surface area contributed by atoms with Crippen LogP contribution in [-0.2, 0) is 4.79 Å². The molecule has 0 spiro atoms. The number of hydrazone groups is 1. The second kappa shape index (κ2) is 6.28. The van der Waals surface area contributed by atoms with E-state index in [4.69, 9.17) is 0 Å². The minimum Gasteiger partial charge on any atom is -0.271 e. The summed E-state index contributed by atoms with van der Waals surface area (Å²) < 4.78 is 0. The van der Waals surface area contributed by atoms with Crippen molar-refractivity contribution in [1.82, 2.24) is 4.98 Å². The van der Waals surface area contributed by atoms with Gasteiger partial charge >= 0.3 is 0 Å². The summed E-state index contributed by atoms with van der Waals surface area (Å²) in [6.07, 6.45) is 3.43. The Morgan fingerprint density at radius 1 is 1.08 bits per heavy atom. The van der Waals surface area contributed by atoms with E-state index in [0.717, 1.165) is 28.0 Å². The van der Waals surface area contributed by atoms with E-state index in [9.17, 15) is 4.79 Å². The lowest BCUT2D eigenvalue weighted by Crippen LogP contribution is -2.27. The van der Waals surface area contributed by atoms with Crippen LogP contribution in [0.5, 0.6) is 0 Å². The monoisotopic (exact) mass is 328 g/mol. The number of nitrogens with zero attached hydrogens (tertiary/aromatic N) is 4. The Morgan fingerprint density at radius 3 is 2.76 bits per heavy atom. The molecule has 5 heteroatoms. The first-order valence-corrected chi connectivity index (χ1v) is 8.05. The maximum atomic E-state index is 12.7. The highest BCUT2D eigenvalue weighted by atomic mass is 16.2. The number of aliphatic imine (C=N–C) groups is 1. The molecule has 1 aromatic heterocycles. The van der Waals surface area contributed by atoms with Gasteiger partial charge in [-0.05, 0) is 43.3 Å². The second-order valence-electron chi connectivity index (χ2n) is 5.86. The largest absolute Gasteiger partial charge is 0.271 e. The summed E-state index contributed by atoms with van der Waals surface area (Å²) in [4.78, 5) is 21.4. The minimum atomic E-state index is -0.440. The highest BCUT2D eigenvalue weighted by Gasteiger charge is 2.33. The molecule has 2 heterocycles. The van der Waals surface area contributed by atoms with Crippen LogP contribution in [0.25, 0.3) is 10.9 Å². The van der Waals surface area contributed by atoms with Crippen LogP contribution >= 0.6 is 0 Å². The van der Waals surface area contributed by atoms with Gasteiger partial charge in [-0.1, -0.05) is 24.3 Å². The quantitative estimate of drug-likeness (QED) is 0.683. The molecule has 1 atom stereocenters. The average Bonchev–Trinajstić information content (AvgIpc) is 2.94. The molecule has 1 aliphatic heterocycles. The standard InChI is InChI=1S/C20H16N4O/c1-14-18(20(25)24(23-14)17-7-3-2-4-8-17)13-22-16-9-10-19-15(12-16)6-5-11-21-19/h2-13,18H,1H3/t18-/m1/s1. The molecule has 0 saturated heterocycles. The van der Waals surface area contributed by atoms with E-state index in [2.05, 4.69) is 15.1 Å². The topological polar surface area (TPSA) is 57.9 Å². The Labute approximate surface area is 145 Å². The van der Waals surface area contributed by atoms with Gasteiger partial charge in [-0.15, -0.1) is 0 Å². The Hall–Kier alpha value is -3.34. The van der Waals surface area contributed by atoms with Gasteiger partial charge in [0.05, 0.1) is 22.6 Å². The molecule has 0 aliphatic carbocycles. The zero-order valence-electron chi connectivity index (χ0n) is 13.7. The molecule has 1 amide bonds. The second-order valence-corrected chi connectivity index (χ2v) is 5.86. The summed E-state index contributed by atoms with van der Waals surface area (Å²) in [5.74, 6) is -0.528. The molecule has 1 aliphatic rings. The summed E-state index contributed by atoms with van der Waals surface area (Å²) in [5, 5.41) is 6.84. The highest BCUT2D eigenvalue weighted by Crippen LogP contribution is 2.24. The summed E-state index contributed by atoms with van der Waals surface area (Å²) in [6, 6.07) is 19.1. The summed E-state index contributed by atoms with van der Waals surface area (Å²) in [6.45, 7) is 1.85. The Balaban J connectivity index is 1.58. The fraction of sp³-hybridized carbons (Fsp3) is 0.100. The van der Waals surface area contributed by atoms with Crippen molar-refractivity contribution in [1.29, 1.82) is 0 Å². The zero-order chi connectivity index (χ0) is 17.2. The number of hydrogen-bond acceptors (Lipinski definition) is 4.